The molecule has 1 aromatic carbocycles. The van der Waals surface area contributed by atoms with Crippen molar-refractivity contribution >= 4 is 29.9 Å². The number of aliphatic imine (C=N–C) groups is 1. The van der Waals surface area contributed by atoms with Crippen LogP contribution >= 0.6 is 24.0 Å². The molecule has 1 heterocycles. The highest BCUT2D eigenvalue weighted by atomic mass is 127. The van der Waals surface area contributed by atoms with Crippen LogP contribution in [0.3, 0.4) is 0 Å². The molecule has 5 nitrogen and oxygen atoms in total. The van der Waals surface area contributed by atoms with Crippen molar-refractivity contribution < 1.29 is 4.74 Å². The molecule has 0 atom stereocenters. The second-order valence-electron chi connectivity index (χ2n) is 6.07. The first-order valence-electron chi connectivity index (χ1n) is 8.51. The fourth-order valence-corrected chi connectivity index (χ4v) is 2.88. The van der Waals surface area contributed by atoms with Crippen LogP contribution < -0.4 is 10.6 Å². The van der Waals surface area contributed by atoms with Gasteiger partial charge in [-0.2, -0.15) is 0 Å². The minimum absolute atomic E-state index is 0. The summed E-state index contributed by atoms with van der Waals surface area (Å²) in [5, 5.41) is 6.84. The van der Waals surface area contributed by atoms with Crippen LogP contribution in [-0.4, -0.2) is 57.8 Å². The summed E-state index contributed by atoms with van der Waals surface area (Å²) >= 11 is 0. The van der Waals surface area contributed by atoms with Gasteiger partial charge in [0, 0.05) is 33.8 Å². The highest BCUT2D eigenvalue weighted by Crippen LogP contribution is 2.15. The molecule has 136 valence electrons. The maximum atomic E-state index is 5.15. The van der Waals surface area contributed by atoms with Crippen LogP contribution in [0.25, 0.3) is 0 Å². The molecule has 1 aliphatic heterocycles. The van der Waals surface area contributed by atoms with E-state index in [1.54, 1.807) is 7.11 Å². The Hall–Kier alpha value is -0.860. The zero-order valence-corrected chi connectivity index (χ0v) is 17.2. The van der Waals surface area contributed by atoms with Crippen LogP contribution in [0.2, 0.25) is 0 Å². The smallest absolute Gasteiger partial charge is 0.191 e. The predicted octanol–water partition coefficient (Wildman–Crippen LogP) is 2.33. The van der Waals surface area contributed by atoms with Gasteiger partial charge in [0.2, 0.25) is 0 Å². The first-order valence-corrected chi connectivity index (χ1v) is 8.51. The third-order valence-corrected chi connectivity index (χ3v) is 4.40. The number of halogens is 1. The number of rotatable bonds is 7. The van der Waals surface area contributed by atoms with E-state index < -0.39 is 0 Å². The minimum Gasteiger partial charge on any atom is -0.383 e. The number of guanidine groups is 1. The maximum absolute atomic E-state index is 5.15. The van der Waals surface area contributed by atoms with E-state index in [0.717, 1.165) is 38.1 Å². The van der Waals surface area contributed by atoms with Gasteiger partial charge in [-0.05, 0) is 37.4 Å². The number of benzene rings is 1. The quantitative estimate of drug-likeness (QED) is 0.384. The molecule has 0 saturated carbocycles. The van der Waals surface area contributed by atoms with Crippen molar-refractivity contribution in [2.24, 2.45) is 10.9 Å². The molecule has 1 saturated heterocycles. The summed E-state index contributed by atoms with van der Waals surface area (Å²) in [4.78, 5) is 6.80. The summed E-state index contributed by atoms with van der Waals surface area (Å²) in [5.41, 5.74) is 1.27. The Labute approximate surface area is 163 Å². The van der Waals surface area contributed by atoms with E-state index in [2.05, 4.69) is 44.8 Å². The lowest BCUT2D eigenvalue weighted by Crippen LogP contribution is -2.43. The molecule has 1 fully saturated rings. The summed E-state index contributed by atoms with van der Waals surface area (Å²) in [7, 11) is 3.60. The van der Waals surface area contributed by atoms with E-state index in [9.17, 15) is 0 Å². The molecule has 6 heteroatoms. The summed E-state index contributed by atoms with van der Waals surface area (Å²) in [6.07, 6.45) is 2.48. The molecular formula is C18H31IN4O. The SMILES string of the molecule is CN=C(NCc1ccccc1)NCC1CCN(CCOC)CC1.I. The number of likely N-dealkylation sites (tertiary alicyclic amines) is 1. The van der Waals surface area contributed by atoms with Crippen LogP contribution in [0.4, 0.5) is 0 Å². The number of nitrogens with one attached hydrogen (secondary N) is 2. The van der Waals surface area contributed by atoms with Crippen molar-refractivity contribution in [1.29, 1.82) is 0 Å². The van der Waals surface area contributed by atoms with Gasteiger partial charge in [0.05, 0.1) is 6.61 Å². The van der Waals surface area contributed by atoms with Gasteiger partial charge in [0.25, 0.3) is 0 Å². The van der Waals surface area contributed by atoms with Gasteiger partial charge in [0.15, 0.2) is 5.96 Å². The first-order chi connectivity index (χ1) is 11.3. The zero-order valence-electron chi connectivity index (χ0n) is 14.8. The van der Waals surface area contributed by atoms with Crippen molar-refractivity contribution in [3.05, 3.63) is 35.9 Å². The number of hydrogen-bond donors (Lipinski definition) is 2. The Morgan fingerprint density at radius 1 is 1.21 bits per heavy atom. The lowest BCUT2D eigenvalue weighted by molar-refractivity contribution is 0.121. The molecular weight excluding hydrogens is 415 g/mol. The summed E-state index contributed by atoms with van der Waals surface area (Å²) in [6.45, 7) is 6.02. The summed E-state index contributed by atoms with van der Waals surface area (Å²) in [6, 6.07) is 10.4. The van der Waals surface area contributed by atoms with Gasteiger partial charge in [-0.3, -0.25) is 4.99 Å². The molecule has 1 aromatic rings. The van der Waals surface area contributed by atoms with Crippen molar-refractivity contribution in [3.63, 3.8) is 0 Å². The van der Waals surface area contributed by atoms with Crippen LogP contribution in [0.5, 0.6) is 0 Å². The average molecular weight is 446 g/mol. The molecule has 1 aliphatic rings. The van der Waals surface area contributed by atoms with Crippen molar-refractivity contribution in [3.8, 4) is 0 Å². The van der Waals surface area contributed by atoms with E-state index in [1.165, 1.54) is 31.5 Å². The molecule has 0 radical (unpaired) electrons. The maximum Gasteiger partial charge on any atom is 0.191 e. The van der Waals surface area contributed by atoms with Crippen molar-refractivity contribution in [1.82, 2.24) is 15.5 Å². The van der Waals surface area contributed by atoms with Gasteiger partial charge in [-0.25, -0.2) is 0 Å². The number of hydrogen-bond acceptors (Lipinski definition) is 3. The Balaban J connectivity index is 0.00000288. The third-order valence-electron chi connectivity index (χ3n) is 4.40. The van der Waals surface area contributed by atoms with Crippen molar-refractivity contribution in [2.45, 2.75) is 19.4 Å². The molecule has 0 aromatic heterocycles. The van der Waals surface area contributed by atoms with Crippen LogP contribution in [-0.2, 0) is 11.3 Å². The monoisotopic (exact) mass is 446 g/mol. The molecule has 0 unspecified atom stereocenters. The van der Waals surface area contributed by atoms with E-state index in [1.807, 2.05) is 13.1 Å². The number of nitrogens with zero attached hydrogens (tertiary/aromatic N) is 2. The van der Waals surface area contributed by atoms with Crippen molar-refractivity contribution in [2.75, 3.05) is 46.9 Å². The third kappa shape index (κ3) is 7.81. The highest BCUT2D eigenvalue weighted by molar-refractivity contribution is 14.0. The van der Waals surface area contributed by atoms with Gasteiger partial charge >= 0.3 is 0 Å². The largest absolute Gasteiger partial charge is 0.383 e. The molecule has 2 rings (SSSR count). The predicted molar refractivity (Wildman–Crippen MR) is 111 cm³/mol. The minimum atomic E-state index is 0. The van der Waals surface area contributed by atoms with Gasteiger partial charge in [-0.15, -0.1) is 24.0 Å². The topological polar surface area (TPSA) is 48.9 Å². The van der Waals surface area contributed by atoms with Crippen LogP contribution in [0.15, 0.2) is 35.3 Å². The molecule has 0 aliphatic carbocycles. The number of methoxy groups -OCH3 is 1. The lowest BCUT2D eigenvalue weighted by atomic mass is 9.97. The fourth-order valence-electron chi connectivity index (χ4n) is 2.88. The Bertz CT molecular complexity index is 461. The lowest BCUT2D eigenvalue weighted by Gasteiger charge is -2.32. The Morgan fingerprint density at radius 2 is 1.92 bits per heavy atom. The summed E-state index contributed by atoms with van der Waals surface area (Å²) < 4.78 is 5.15. The normalized spacial score (nSPS) is 16.5. The number of piperidine rings is 1. The average Bonchev–Trinajstić information content (AvgIpc) is 2.62. The fraction of sp³-hybridized carbons (Fsp3) is 0.611. The Kier molecular flexibility index (Phi) is 11.0. The molecule has 0 spiro atoms. The molecule has 0 bridgehead atoms. The highest BCUT2D eigenvalue weighted by Gasteiger charge is 2.18. The molecule has 0 amide bonds. The van der Waals surface area contributed by atoms with Gasteiger partial charge in [0.1, 0.15) is 0 Å². The van der Waals surface area contributed by atoms with E-state index in [-0.39, 0.29) is 24.0 Å². The second-order valence-corrected chi connectivity index (χ2v) is 6.07. The second kappa shape index (κ2) is 12.5. The van der Waals surface area contributed by atoms with Crippen LogP contribution in [0.1, 0.15) is 18.4 Å². The standard InChI is InChI=1S/C18H30N4O.HI/c1-19-18(20-14-16-6-4-3-5-7-16)21-15-17-8-10-22(11-9-17)12-13-23-2;/h3-7,17H,8-15H2,1-2H3,(H2,19,20,21);1H. The van der Waals surface area contributed by atoms with E-state index in [4.69, 9.17) is 4.74 Å². The summed E-state index contributed by atoms with van der Waals surface area (Å²) in [5.74, 6) is 1.61. The van der Waals surface area contributed by atoms with Gasteiger partial charge in [-0.1, -0.05) is 30.3 Å². The van der Waals surface area contributed by atoms with Gasteiger partial charge < -0.3 is 20.3 Å². The van der Waals surface area contributed by atoms with Crippen LogP contribution in [0, 0.1) is 5.92 Å². The Morgan fingerprint density at radius 3 is 2.54 bits per heavy atom. The van der Waals surface area contributed by atoms with E-state index >= 15 is 0 Å². The number of ether oxygens (including phenoxy) is 1. The molecule has 24 heavy (non-hydrogen) atoms. The molecule has 2 N–H and O–H groups in total. The first kappa shape index (κ1) is 21.2. The zero-order chi connectivity index (χ0) is 16.3. The van der Waals surface area contributed by atoms with E-state index in [0.29, 0.717) is 0 Å².